The Balaban J connectivity index is 0.000000293. The Kier molecular flexibility index (Phi) is 9.45. The molecule has 0 bridgehead atoms. The molecule has 2 aromatic rings. The first-order valence-corrected chi connectivity index (χ1v) is 8.29. The molecule has 5 heteroatoms. The summed E-state index contributed by atoms with van der Waals surface area (Å²) < 4.78 is 5.46. The Morgan fingerprint density at radius 2 is 1.48 bits per heavy atom. The second kappa shape index (κ2) is 11.7. The third kappa shape index (κ3) is 8.01. The highest BCUT2D eigenvalue weighted by Crippen LogP contribution is 2.18. The van der Waals surface area contributed by atoms with Crippen LogP contribution in [-0.4, -0.2) is 28.8 Å². The van der Waals surface area contributed by atoms with E-state index >= 15 is 0 Å². The minimum absolute atomic E-state index is 0.234. The summed E-state index contributed by atoms with van der Waals surface area (Å²) in [5.74, 6) is -1.36. The van der Waals surface area contributed by atoms with Gasteiger partial charge >= 0.3 is 11.9 Å². The van der Waals surface area contributed by atoms with Gasteiger partial charge in [0, 0.05) is 0 Å². The first-order valence-electron chi connectivity index (χ1n) is 8.29. The molecule has 0 saturated heterocycles. The molecule has 0 aromatic heterocycles. The Hall–Kier alpha value is -2.82. The van der Waals surface area contributed by atoms with Crippen molar-refractivity contribution in [2.24, 2.45) is 0 Å². The van der Waals surface area contributed by atoms with Gasteiger partial charge in [-0.3, -0.25) is 0 Å². The van der Waals surface area contributed by atoms with Gasteiger partial charge in [0.15, 0.2) is 0 Å². The number of unbranched alkanes of at least 4 members (excludes halogenated alkanes) is 3. The van der Waals surface area contributed by atoms with Crippen LogP contribution in [0.15, 0.2) is 54.6 Å². The average Bonchev–Trinajstić information content (AvgIpc) is 2.63. The van der Waals surface area contributed by atoms with Gasteiger partial charge in [-0.1, -0.05) is 56.5 Å². The van der Waals surface area contributed by atoms with E-state index in [1.54, 1.807) is 54.6 Å². The first-order chi connectivity index (χ1) is 12.1. The van der Waals surface area contributed by atoms with Crippen molar-refractivity contribution < 1.29 is 24.5 Å². The Bertz CT molecular complexity index is 652. The lowest BCUT2D eigenvalue weighted by atomic mass is 10.2. The lowest BCUT2D eigenvalue weighted by Crippen LogP contribution is -2.04. The SMILES string of the molecule is CCCCCCOc1ccccc1C(=O)O.O=C(O)c1ccccc1. The van der Waals surface area contributed by atoms with E-state index in [0.717, 1.165) is 12.8 Å². The molecule has 25 heavy (non-hydrogen) atoms. The lowest BCUT2D eigenvalue weighted by molar-refractivity contribution is 0.0683. The normalized spacial score (nSPS) is 9.64. The van der Waals surface area contributed by atoms with E-state index in [1.807, 2.05) is 0 Å². The number of hydrogen-bond acceptors (Lipinski definition) is 3. The van der Waals surface area contributed by atoms with E-state index in [4.69, 9.17) is 14.9 Å². The predicted octanol–water partition coefficient (Wildman–Crippen LogP) is 4.73. The molecule has 134 valence electrons. The number of hydrogen-bond donors (Lipinski definition) is 2. The fraction of sp³-hybridized carbons (Fsp3) is 0.300. The summed E-state index contributed by atoms with van der Waals surface area (Å²) in [5, 5.41) is 17.3. The molecule has 0 radical (unpaired) electrons. The van der Waals surface area contributed by atoms with E-state index in [9.17, 15) is 9.59 Å². The summed E-state index contributed by atoms with van der Waals surface area (Å²) in [6.45, 7) is 2.74. The van der Waals surface area contributed by atoms with Crippen molar-refractivity contribution in [3.63, 3.8) is 0 Å². The molecule has 0 fully saturated rings. The van der Waals surface area contributed by atoms with Gasteiger partial charge in [-0.25, -0.2) is 9.59 Å². The summed E-state index contributed by atoms with van der Waals surface area (Å²) >= 11 is 0. The number of para-hydroxylation sites is 1. The summed E-state index contributed by atoms with van der Waals surface area (Å²) in [6, 6.07) is 15.0. The molecular formula is C20H24O5. The largest absolute Gasteiger partial charge is 0.493 e. The predicted molar refractivity (Wildman–Crippen MR) is 96.4 cm³/mol. The maximum Gasteiger partial charge on any atom is 0.339 e. The van der Waals surface area contributed by atoms with Gasteiger partial charge in [-0.15, -0.1) is 0 Å². The van der Waals surface area contributed by atoms with Crippen LogP contribution in [-0.2, 0) is 0 Å². The van der Waals surface area contributed by atoms with Crippen molar-refractivity contribution in [2.75, 3.05) is 6.61 Å². The van der Waals surface area contributed by atoms with Crippen LogP contribution in [0.2, 0.25) is 0 Å². The Labute approximate surface area is 147 Å². The Morgan fingerprint density at radius 1 is 0.840 bits per heavy atom. The number of aromatic carboxylic acids is 2. The number of rotatable bonds is 8. The molecule has 0 spiro atoms. The van der Waals surface area contributed by atoms with Crippen molar-refractivity contribution in [1.29, 1.82) is 0 Å². The fourth-order valence-corrected chi connectivity index (χ4v) is 2.06. The van der Waals surface area contributed by atoms with Crippen molar-refractivity contribution in [3.8, 4) is 5.75 Å². The molecule has 0 amide bonds. The second-order valence-corrected chi connectivity index (χ2v) is 5.38. The second-order valence-electron chi connectivity index (χ2n) is 5.38. The monoisotopic (exact) mass is 344 g/mol. The van der Waals surface area contributed by atoms with Crippen LogP contribution < -0.4 is 4.74 Å². The van der Waals surface area contributed by atoms with Gasteiger partial charge < -0.3 is 14.9 Å². The number of carboxylic acid groups (broad SMARTS) is 2. The van der Waals surface area contributed by atoms with Crippen LogP contribution in [0.4, 0.5) is 0 Å². The molecule has 0 aliphatic rings. The molecule has 0 unspecified atom stereocenters. The van der Waals surface area contributed by atoms with Gasteiger partial charge in [0.25, 0.3) is 0 Å². The van der Waals surface area contributed by atoms with Crippen LogP contribution in [0, 0.1) is 0 Å². The first kappa shape index (κ1) is 20.2. The third-order valence-corrected chi connectivity index (χ3v) is 3.39. The number of benzene rings is 2. The Morgan fingerprint density at radius 3 is 2.04 bits per heavy atom. The summed E-state index contributed by atoms with van der Waals surface area (Å²) in [5.41, 5.74) is 0.565. The summed E-state index contributed by atoms with van der Waals surface area (Å²) in [6.07, 6.45) is 4.49. The number of carbonyl (C=O) groups is 2. The maximum absolute atomic E-state index is 10.9. The zero-order valence-electron chi connectivity index (χ0n) is 14.4. The van der Waals surface area contributed by atoms with Gasteiger partial charge in [-0.2, -0.15) is 0 Å². The molecule has 0 saturated carbocycles. The minimum atomic E-state index is -0.941. The molecule has 0 aliphatic carbocycles. The van der Waals surface area contributed by atoms with Crippen LogP contribution >= 0.6 is 0 Å². The smallest absolute Gasteiger partial charge is 0.339 e. The van der Waals surface area contributed by atoms with Crippen molar-refractivity contribution >= 4 is 11.9 Å². The van der Waals surface area contributed by atoms with E-state index < -0.39 is 11.9 Å². The van der Waals surface area contributed by atoms with E-state index in [-0.39, 0.29) is 5.56 Å². The molecule has 2 rings (SSSR count). The zero-order valence-corrected chi connectivity index (χ0v) is 14.4. The lowest BCUT2D eigenvalue weighted by Gasteiger charge is -2.08. The summed E-state index contributed by atoms with van der Waals surface area (Å²) in [4.78, 5) is 21.1. The highest BCUT2D eigenvalue weighted by Gasteiger charge is 2.09. The molecule has 5 nitrogen and oxygen atoms in total. The van der Waals surface area contributed by atoms with Crippen LogP contribution in [0.3, 0.4) is 0 Å². The molecule has 2 N–H and O–H groups in total. The molecule has 0 aliphatic heterocycles. The standard InChI is InChI=1S/C13H18O3.C7H6O2/c1-2-3-4-7-10-16-12-9-6-5-8-11(12)13(14)15;8-7(9)6-4-2-1-3-5-6/h5-6,8-9H,2-4,7,10H2,1H3,(H,14,15);1-5H,(H,8,9). The topological polar surface area (TPSA) is 83.8 Å². The fourth-order valence-electron chi connectivity index (χ4n) is 2.06. The molecule has 0 heterocycles. The van der Waals surface area contributed by atoms with Crippen LogP contribution in [0.5, 0.6) is 5.75 Å². The van der Waals surface area contributed by atoms with Crippen LogP contribution in [0.25, 0.3) is 0 Å². The third-order valence-electron chi connectivity index (χ3n) is 3.39. The maximum atomic E-state index is 10.9. The van der Waals surface area contributed by atoms with Gasteiger partial charge in [-0.05, 0) is 30.7 Å². The van der Waals surface area contributed by atoms with E-state index in [0.29, 0.717) is 17.9 Å². The zero-order chi connectivity index (χ0) is 18.5. The molecular weight excluding hydrogens is 320 g/mol. The molecule has 2 aromatic carbocycles. The highest BCUT2D eigenvalue weighted by molar-refractivity contribution is 5.90. The van der Waals surface area contributed by atoms with Gasteiger partial charge in [0.2, 0.25) is 0 Å². The minimum Gasteiger partial charge on any atom is -0.493 e. The van der Waals surface area contributed by atoms with E-state index in [2.05, 4.69) is 6.92 Å². The summed E-state index contributed by atoms with van der Waals surface area (Å²) in [7, 11) is 0. The quantitative estimate of drug-likeness (QED) is 0.676. The molecule has 0 atom stereocenters. The van der Waals surface area contributed by atoms with Gasteiger partial charge in [0.1, 0.15) is 11.3 Å². The van der Waals surface area contributed by atoms with Crippen LogP contribution in [0.1, 0.15) is 53.3 Å². The number of carboxylic acids is 2. The van der Waals surface area contributed by atoms with Crippen molar-refractivity contribution in [3.05, 3.63) is 65.7 Å². The highest BCUT2D eigenvalue weighted by atomic mass is 16.5. The van der Waals surface area contributed by atoms with Crippen molar-refractivity contribution in [1.82, 2.24) is 0 Å². The number of ether oxygens (including phenoxy) is 1. The average molecular weight is 344 g/mol. The van der Waals surface area contributed by atoms with Crippen molar-refractivity contribution in [2.45, 2.75) is 32.6 Å². The van der Waals surface area contributed by atoms with E-state index in [1.165, 1.54) is 12.8 Å². The van der Waals surface area contributed by atoms with Gasteiger partial charge in [0.05, 0.1) is 12.2 Å².